The molecule has 24 heavy (non-hydrogen) atoms. The summed E-state index contributed by atoms with van der Waals surface area (Å²) < 4.78 is 28.2. The van der Waals surface area contributed by atoms with Crippen LogP contribution in [-0.2, 0) is 9.84 Å². The number of hydrogen-bond acceptors (Lipinski definition) is 6. The minimum absolute atomic E-state index is 0.209. The summed E-state index contributed by atoms with van der Waals surface area (Å²) in [6.07, 6.45) is 2.69. The van der Waals surface area contributed by atoms with E-state index in [1.807, 2.05) is 0 Å². The van der Waals surface area contributed by atoms with Crippen LogP contribution in [0.4, 0.5) is 5.69 Å². The highest BCUT2D eigenvalue weighted by Gasteiger charge is 2.18. The van der Waals surface area contributed by atoms with Gasteiger partial charge in [0.1, 0.15) is 5.69 Å². The van der Waals surface area contributed by atoms with Crippen molar-refractivity contribution in [1.82, 2.24) is 4.98 Å². The van der Waals surface area contributed by atoms with Crippen molar-refractivity contribution in [2.45, 2.75) is 4.90 Å². The number of hydrogen-bond donors (Lipinski definition) is 0. The van der Waals surface area contributed by atoms with Gasteiger partial charge < -0.3 is 9.32 Å². The highest BCUT2D eigenvalue weighted by atomic mass is 32.2. The Labute approximate surface area is 143 Å². The fourth-order valence-corrected chi connectivity index (χ4v) is 3.48. The minimum atomic E-state index is -3.26. The SMILES string of the molecule is CN(C(=O)c1csc(-c2ccco2)n1)c1ccc(S(C)(=O)=O)cc1. The number of carbonyl (C=O) groups excluding carboxylic acids is 1. The molecule has 3 rings (SSSR count). The van der Waals surface area contributed by atoms with Gasteiger partial charge in [0.2, 0.25) is 0 Å². The Morgan fingerprint density at radius 3 is 2.50 bits per heavy atom. The van der Waals surface area contributed by atoms with Crippen molar-refractivity contribution in [3.05, 3.63) is 53.7 Å². The zero-order chi connectivity index (χ0) is 17.3. The minimum Gasteiger partial charge on any atom is -0.462 e. The Balaban J connectivity index is 1.82. The number of carbonyl (C=O) groups is 1. The molecule has 0 unspecified atom stereocenters. The molecular formula is C16H14N2O4S2. The molecular weight excluding hydrogens is 348 g/mol. The van der Waals surface area contributed by atoms with Crippen LogP contribution in [0.15, 0.2) is 57.4 Å². The topological polar surface area (TPSA) is 80.5 Å². The lowest BCUT2D eigenvalue weighted by Crippen LogP contribution is -2.26. The fourth-order valence-electron chi connectivity index (χ4n) is 2.09. The van der Waals surface area contributed by atoms with Crippen LogP contribution in [0, 0.1) is 0 Å². The van der Waals surface area contributed by atoms with Crippen molar-refractivity contribution >= 4 is 32.8 Å². The van der Waals surface area contributed by atoms with E-state index < -0.39 is 9.84 Å². The van der Waals surface area contributed by atoms with E-state index in [4.69, 9.17) is 4.42 Å². The predicted molar refractivity (Wildman–Crippen MR) is 92.1 cm³/mol. The smallest absolute Gasteiger partial charge is 0.277 e. The van der Waals surface area contributed by atoms with Gasteiger partial charge in [0.15, 0.2) is 20.6 Å². The number of benzene rings is 1. The molecule has 2 aromatic heterocycles. The maximum atomic E-state index is 12.5. The van der Waals surface area contributed by atoms with Crippen molar-refractivity contribution < 1.29 is 17.6 Å². The largest absolute Gasteiger partial charge is 0.462 e. The van der Waals surface area contributed by atoms with Gasteiger partial charge in [-0.25, -0.2) is 13.4 Å². The molecule has 0 saturated heterocycles. The molecule has 0 atom stereocenters. The van der Waals surface area contributed by atoms with E-state index in [1.54, 1.807) is 43.0 Å². The Kier molecular flexibility index (Phi) is 4.25. The molecule has 124 valence electrons. The highest BCUT2D eigenvalue weighted by Crippen LogP contribution is 2.25. The molecule has 3 aromatic rings. The first-order valence-corrected chi connectivity index (χ1v) is 9.71. The molecule has 2 heterocycles. The summed E-state index contributed by atoms with van der Waals surface area (Å²) in [5.41, 5.74) is 0.890. The average molecular weight is 362 g/mol. The Morgan fingerprint density at radius 1 is 1.21 bits per heavy atom. The van der Waals surface area contributed by atoms with Crippen LogP contribution < -0.4 is 4.90 Å². The van der Waals surface area contributed by atoms with Crippen LogP contribution in [0.25, 0.3) is 10.8 Å². The lowest BCUT2D eigenvalue weighted by molar-refractivity contribution is 0.0989. The second kappa shape index (κ2) is 6.21. The average Bonchev–Trinajstić information content (AvgIpc) is 3.23. The molecule has 1 aromatic carbocycles. The summed E-state index contributed by atoms with van der Waals surface area (Å²) in [4.78, 5) is 18.5. The number of amides is 1. The van der Waals surface area contributed by atoms with Gasteiger partial charge in [-0.2, -0.15) is 0 Å². The van der Waals surface area contributed by atoms with Crippen LogP contribution in [0.1, 0.15) is 10.5 Å². The van der Waals surface area contributed by atoms with Crippen LogP contribution in [-0.4, -0.2) is 32.6 Å². The van der Waals surface area contributed by atoms with E-state index in [2.05, 4.69) is 4.98 Å². The van der Waals surface area contributed by atoms with Gasteiger partial charge in [-0.05, 0) is 36.4 Å². The van der Waals surface area contributed by atoms with E-state index in [1.165, 1.54) is 28.4 Å². The molecule has 0 bridgehead atoms. The second-order valence-corrected chi connectivity index (χ2v) is 8.02. The van der Waals surface area contributed by atoms with Gasteiger partial charge in [-0.3, -0.25) is 4.79 Å². The number of nitrogens with zero attached hydrogens (tertiary/aromatic N) is 2. The monoisotopic (exact) mass is 362 g/mol. The molecule has 1 amide bonds. The van der Waals surface area contributed by atoms with E-state index in [0.717, 1.165) is 6.26 Å². The third-order valence-corrected chi connectivity index (χ3v) is 5.40. The number of furan rings is 1. The van der Waals surface area contributed by atoms with Crippen molar-refractivity contribution in [1.29, 1.82) is 0 Å². The van der Waals surface area contributed by atoms with Crippen molar-refractivity contribution in [2.75, 3.05) is 18.2 Å². The quantitative estimate of drug-likeness (QED) is 0.712. The number of anilines is 1. The lowest BCUT2D eigenvalue weighted by atomic mass is 10.3. The molecule has 0 aliphatic carbocycles. The van der Waals surface area contributed by atoms with Crippen molar-refractivity contribution in [3.8, 4) is 10.8 Å². The number of aromatic nitrogens is 1. The normalized spacial score (nSPS) is 11.4. The Bertz CT molecular complexity index is 958. The summed E-state index contributed by atoms with van der Waals surface area (Å²) in [6.45, 7) is 0. The van der Waals surface area contributed by atoms with Gasteiger partial charge in [-0.1, -0.05) is 0 Å². The van der Waals surface area contributed by atoms with Gasteiger partial charge in [-0.15, -0.1) is 11.3 Å². The van der Waals surface area contributed by atoms with Gasteiger partial charge in [0.25, 0.3) is 5.91 Å². The predicted octanol–water partition coefficient (Wildman–Crippen LogP) is 3.08. The Morgan fingerprint density at radius 2 is 1.92 bits per heavy atom. The highest BCUT2D eigenvalue weighted by molar-refractivity contribution is 7.90. The standard InChI is InChI=1S/C16H14N2O4S2/c1-18(11-5-7-12(8-6-11)24(2,20)21)16(19)13-10-23-15(17-13)14-4-3-9-22-14/h3-10H,1-2H3. The molecule has 0 spiro atoms. The summed E-state index contributed by atoms with van der Waals surface area (Å²) in [5.74, 6) is 0.329. The third-order valence-electron chi connectivity index (χ3n) is 3.41. The summed E-state index contributed by atoms with van der Waals surface area (Å²) in [5, 5.41) is 2.30. The lowest BCUT2D eigenvalue weighted by Gasteiger charge is -2.16. The summed E-state index contributed by atoms with van der Waals surface area (Å²) in [7, 11) is -1.65. The fraction of sp³-hybridized carbons (Fsp3) is 0.125. The molecule has 0 aliphatic heterocycles. The molecule has 0 aliphatic rings. The van der Waals surface area contributed by atoms with E-state index in [9.17, 15) is 13.2 Å². The summed E-state index contributed by atoms with van der Waals surface area (Å²) in [6, 6.07) is 9.67. The number of sulfone groups is 1. The van der Waals surface area contributed by atoms with Crippen LogP contribution >= 0.6 is 11.3 Å². The molecule has 8 heteroatoms. The third kappa shape index (κ3) is 3.24. The first-order chi connectivity index (χ1) is 11.4. The first kappa shape index (κ1) is 16.4. The van der Waals surface area contributed by atoms with Gasteiger partial charge in [0, 0.05) is 24.4 Å². The van der Waals surface area contributed by atoms with Gasteiger partial charge in [0.05, 0.1) is 11.2 Å². The van der Waals surface area contributed by atoms with E-state index >= 15 is 0 Å². The van der Waals surface area contributed by atoms with Crippen LogP contribution in [0.5, 0.6) is 0 Å². The summed E-state index contributed by atoms with van der Waals surface area (Å²) >= 11 is 1.32. The number of thiazole rings is 1. The van der Waals surface area contributed by atoms with Crippen molar-refractivity contribution in [3.63, 3.8) is 0 Å². The molecule has 6 nitrogen and oxygen atoms in total. The molecule has 0 saturated carbocycles. The number of rotatable bonds is 4. The zero-order valence-electron chi connectivity index (χ0n) is 13.0. The first-order valence-electron chi connectivity index (χ1n) is 6.94. The maximum absolute atomic E-state index is 12.5. The van der Waals surface area contributed by atoms with Crippen molar-refractivity contribution in [2.24, 2.45) is 0 Å². The molecule has 0 N–H and O–H groups in total. The Hall–Kier alpha value is -2.45. The zero-order valence-corrected chi connectivity index (χ0v) is 14.6. The van der Waals surface area contributed by atoms with E-state index in [0.29, 0.717) is 22.1 Å². The molecule has 0 fully saturated rings. The molecule has 0 radical (unpaired) electrons. The second-order valence-electron chi connectivity index (χ2n) is 5.15. The van der Waals surface area contributed by atoms with Crippen LogP contribution in [0.3, 0.4) is 0 Å². The van der Waals surface area contributed by atoms with Gasteiger partial charge >= 0.3 is 0 Å². The van der Waals surface area contributed by atoms with Crippen LogP contribution in [0.2, 0.25) is 0 Å². The van der Waals surface area contributed by atoms with E-state index in [-0.39, 0.29) is 10.8 Å². The maximum Gasteiger partial charge on any atom is 0.277 e.